The molecule has 3 aliphatic rings. The predicted octanol–water partition coefficient (Wildman–Crippen LogP) is 5.63. The molecule has 2 aliphatic carbocycles. The van der Waals surface area contributed by atoms with E-state index in [1.165, 1.54) is 12.1 Å². The fraction of sp³-hybridized carbons (Fsp3) is 0.483. The number of pyridine rings is 1. The van der Waals surface area contributed by atoms with Crippen LogP contribution in [0.3, 0.4) is 0 Å². The lowest BCUT2D eigenvalue weighted by Gasteiger charge is -2.47. The number of carbonyl (C=O) groups is 2. The molecule has 1 aromatic carbocycles. The van der Waals surface area contributed by atoms with Crippen molar-refractivity contribution in [2.24, 2.45) is 29.6 Å². The van der Waals surface area contributed by atoms with E-state index in [2.05, 4.69) is 16.4 Å². The maximum absolute atomic E-state index is 13.6. The van der Waals surface area contributed by atoms with E-state index in [0.717, 1.165) is 42.5 Å². The van der Waals surface area contributed by atoms with E-state index >= 15 is 0 Å². The molecule has 5 rings (SSSR count). The van der Waals surface area contributed by atoms with E-state index in [9.17, 15) is 14.0 Å². The summed E-state index contributed by atoms with van der Waals surface area (Å²) in [5.41, 5.74) is 2.48. The number of hydrogen-bond donors (Lipinski definition) is 1. The lowest BCUT2D eigenvalue weighted by Crippen LogP contribution is -2.48. The minimum absolute atomic E-state index is 0.0679. The first-order valence-corrected chi connectivity index (χ1v) is 13.0. The number of benzene rings is 1. The Morgan fingerprint density at radius 1 is 1.22 bits per heavy atom. The quantitative estimate of drug-likeness (QED) is 0.548. The van der Waals surface area contributed by atoms with Crippen LogP contribution in [-0.4, -0.2) is 35.8 Å². The first kappa shape index (κ1) is 24.5. The second-order valence-electron chi connectivity index (χ2n) is 10.3. The largest absolute Gasteiger partial charge is 0.462 e. The molecule has 1 N–H and O–H groups in total. The van der Waals surface area contributed by atoms with Gasteiger partial charge in [0.25, 0.3) is 0 Å². The van der Waals surface area contributed by atoms with Gasteiger partial charge in [-0.2, -0.15) is 0 Å². The molecule has 190 valence electrons. The first-order valence-electron chi connectivity index (χ1n) is 13.0. The molecular weight excluding hydrogens is 459 g/mol. The number of nitrogens with zero attached hydrogens (tertiary/aromatic N) is 1. The monoisotopic (exact) mass is 492 g/mol. The van der Waals surface area contributed by atoms with Gasteiger partial charge in [-0.05, 0) is 87.1 Å². The van der Waals surface area contributed by atoms with Crippen LogP contribution in [0.2, 0.25) is 0 Å². The van der Waals surface area contributed by atoms with Crippen LogP contribution in [0.1, 0.15) is 45.2 Å². The summed E-state index contributed by atoms with van der Waals surface area (Å²) >= 11 is 0. The van der Waals surface area contributed by atoms with E-state index in [1.54, 1.807) is 19.2 Å². The minimum Gasteiger partial charge on any atom is -0.462 e. The number of amides is 1. The van der Waals surface area contributed by atoms with Gasteiger partial charge in [-0.15, -0.1) is 0 Å². The van der Waals surface area contributed by atoms with Gasteiger partial charge in [0.2, 0.25) is 0 Å². The van der Waals surface area contributed by atoms with Gasteiger partial charge in [0.05, 0.1) is 18.2 Å². The Bertz CT molecular complexity index is 1130. The van der Waals surface area contributed by atoms with Crippen molar-refractivity contribution in [1.29, 1.82) is 0 Å². The number of rotatable bonds is 5. The van der Waals surface area contributed by atoms with Crippen LogP contribution in [0.5, 0.6) is 0 Å². The van der Waals surface area contributed by atoms with Crippen molar-refractivity contribution in [3.05, 3.63) is 60.2 Å². The van der Waals surface area contributed by atoms with Crippen molar-refractivity contribution in [3.8, 4) is 11.1 Å². The van der Waals surface area contributed by atoms with Crippen molar-refractivity contribution in [2.75, 3.05) is 6.61 Å². The van der Waals surface area contributed by atoms with Crippen molar-refractivity contribution in [1.82, 2.24) is 10.3 Å². The molecule has 0 radical (unpaired) electrons. The maximum Gasteiger partial charge on any atom is 0.407 e. The van der Waals surface area contributed by atoms with Crippen LogP contribution in [0.25, 0.3) is 17.2 Å². The number of hydrogen-bond acceptors (Lipinski definition) is 5. The zero-order valence-electron chi connectivity index (χ0n) is 20.7. The smallest absolute Gasteiger partial charge is 0.407 e. The fourth-order valence-corrected chi connectivity index (χ4v) is 6.64. The molecule has 6 nitrogen and oxygen atoms in total. The summed E-state index contributed by atoms with van der Waals surface area (Å²) in [5.74, 6) is 0.629. The molecule has 1 aliphatic heterocycles. The third-order valence-corrected chi connectivity index (χ3v) is 8.18. The molecule has 36 heavy (non-hydrogen) atoms. The second-order valence-corrected chi connectivity index (χ2v) is 10.3. The highest BCUT2D eigenvalue weighted by Crippen LogP contribution is 2.53. The number of carbonyl (C=O) groups excluding carboxylic acids is 2. The lowest BCUT2D eigenvalue weighted by molar-refractivity contribution is -0.144. The highest BCUT2D eigenvalue weighted by molar-refractivity contribution is 5.75. The van der Waals surface area contributed by atoms with Gasteiger partial charge in [0, 0.05) is 23.7 Å². The van der Waals surface area contributed by atoms with Crippen LogP contribution in [0.15, 0.2) is 48.7 Å². The van der Waals surface area contributed by atoms with Crippen molar-refractivity contribution in [3.63, 3.8) is 0 Å². The summed E-state index contributed by atoms with van der Waals surface area (Å²) in [6, 6.07) is 10.4. The molecule has 2 heterocycles. The Kier molecular flexibility index (Phi) is 7.08. The summed E-state index contributed by atoms with van der Waals surface area (Å²) in [7, 11) is 0. The van der Waals surface area contributed by atoms with Gasteiger partial charge in [0.15, 0.2) is 0 Å². The molecule has 1 amide bonds. The third kappa shape index (κ3) is 5.01. The molecular formula is C29H33FN2O4. The molecule has 0 spiro atoms. The molecule has 0 bridgehead atoms. The van der Waals surface area contributed by atoms with E-state index in [1.807, 2.05) is 31.2 Å². The van der Waals surface area contributed by atoms with Crippen molar-refractivity contribution >= 4 is 18.1 Å². The molecule has 1 aromatic heterocycles. The fourth-order valence-electron chi connectivity index (χ4n) is 6.64. The van der Waals surface area contributed by atoms with Gasteiger partial charge in [-0.25, -0.2) is 9.18 Å². The standard InChI is InChI=1S/C29H33FN2O4/c1-3-35-29(34)32-23-10-11-24-20(14-23)15-26-27(17(2)36-28(26)33)25(24)12-9-22-8-7-19(16-31-22)18-5-4-6-21(30)13-18/h4-9,12-13,16-17,20,23-27H,3,10-11,14-15H2,1-2H3,(H,32,34)/t17-,20+,23+,24+,25-,26+,27-/m0/s1. The summed E-state index contributed by atoms with van der Waals surface area (Å²) in [6.45, 7) is 4.15. The molecule has 7 atom stereocenters. The molecule has 0 unspecified atom stereocenters. The van der Waals surface area contributed by atoms with Gasteiger partial charge in [-0.3, -0.25) is 9.78 Å². The number of aromatic nitrogens is 1. The Morgan fingerprint density at radius 3 is 2.83 bits per heavy atom. The Balaban J connectivity index is 1.34. The number of halogens is 1. The molecule has 2 saturated carbocycles. The average molecular weight is 493 g/mol. The average Bonchev–Trinajstić information content (AvgIpc) is 3.15. The van der Waals surface area contributed by atoms with Gasteiger partial charge < -0.3 is 14.8 Å². The minimum atomic E-state index is -0.368. The van der Waals surface area contributed by atoms with Crippen LogP contribution in [0.4, 0.5) is 9.18 Å². The lowest BCUT2D eigenvalue weighted by atomic mass is 9.57. The van der Waals surface area contributed by atoms with E-state index in [4.69, 9.17) is 9.47 Å². The van der Waals surface area contributed by atoms with E-state index < -0.39 is 0 Å². The molecule has 7 heteroatoms. The van der Waals surface area contributed by atoms with E-state index in [-0.39, 0.29) is 47.8 Å². The van der Waals surface area contributed by atoms with E-state index in [0.29, 0.717) is 18.4 Å². The van der Waals surface area contributed by atoms with Crippen LogP contribution >= 0.6 is 0 Å². The first-order chi connectivity index (χ1) is 17.4. The van der Waals surface area contributed by atoms with Crippen LogP contribution in [0, 0.1) is 35.4 Å². The predicted molar refractivity (Wildman–Crippen MR) is 134 cm³/mol. The topological polar surface area (TPSA) is 77.5 Å². The number of ether oxygens (including phenoxy) is 2. The SMILES string of the molecule is CCOC(=O)N[C@@H]1CC[C@@H]2[C@H](C1)C[C@H]1C(=O)O[C@@H](C)[C@H]1[C@H]2C=Cc1ccc(-c2cccc(F)c2)cn1. The van der Waals surface area contributed by atoms with Gasteiger partial charge >= 0.3 is 12.1 Å². The maximum atomic E-state index is 13.6. The summed E-state index contributed by atoms with van der Waals surface area (Å²) < 4.78 is 24.3. The number of cyclic esters (lactones) is 1. The Labute approximate surface area is 211 Å². The summed E-state index contributed by atoms with van der Waals surface area (Å²) in [5, 5.41) is 3.00. The Morgan fingerprint density at radius 2 is 2.08 bits per heavy atom. The highest BCUT2D eigenvalue weighted by Gasteiger charge is 2.54. The molecule has 2 aromatic rings. The Hall–Kier alpha value is -3.22. The zero-order chi connectivity index (χ0) is 25.2. The number of esters is 1. The third-order valence-electron chi connectivity index (χ3n) is 8.18. The molecule has 1 saturated heterocycles. The van der Waals surface area contributed by atoms with Gasteiger partial charge in [0.1, 0.15) is 11.9 Å². The van der Waals surface area contributed by atoms with Crippen LogP contribution < -0.4 is 5.32 Å². The highest BCUT2D eigenvalue weighted by atomic mass is 19.1. The number of alkyl carbamates (subject to hydrolysis) is 1. The number of nitrogens with one attached hydrogen (secondary N) is 1. The number of allylic oxidation sites excluding steroid dienone is 1. The summed E-state index contributed by atoms with van der Waals surface area (Å²) in [6.07, 6.45) is 9.07. The number of fused-ring (bicyclic) bond motifs is 2. The van der Waals surface area contributed by atoms with Crippen molar-refractivity contribution < 1.29 is 23.5 Å². The summed E-state index contributed by atoms with van der Waals surface area (Å²) in [4.78, 5) is 29.2. The normalized spacial score (nSPS) is 31.4. The molecule has 3 fully saturated rings. The second kappa shape index (κ2) is 10.4. The van der Waals surface area contributed by atoms with Crippen LogP contribution in [-0.2, 0) is 14.3 Å². The van der Waals surface area contributed by atoms with Crippen molar-refractivity contribution in [2.45, 2.75) is 51.7 Å². The van der Waals surface area contributed by atoms with Gasteiger partial charge in [-0.1, -0.05) is 24.3 Å². The zero-order valence-corrected chi connectivity index (χ0v) is 20.7.